The molecular formula is C25H29F5N2O3S. The Balaban J connectivity index is 1.30. The highest BCUT2D eigenvalue weighted by molar-refractivity contribution is 7.88. The third kappa shape index (κ3) is 6.54. The molecule has 0 aromatic heterocycles. The molecule has 2 aromatic rings. The molecule has 11 heteroatoms. The van der Waals surface area contributed by atoms with Gasteiger partial charge in [0.05, 0.1) is 11.8 Å². The maximum absolute atomic E-state index is 14.8. The lowest BCUT2D eigenvalue weighted by molar-refractivity contribution is -0.137. The molecule has 0 saturated carbocycles. The number of rotatable bonds is 6. The van der Waals surface area contributed by atoms with Crippen LogP contribution < -0.4 is 4.74 Å². The lowest BCUT2D eigenvalue weighted by Crippen LogP contribution is -2.38. The Kier molecular flexibility index (Phi) is 7.92. The van der Waals surface area contributed by atoms with Crippen LogP contribution in [0.3, 0.4) is 0 Å². The van der Waals surface area contributed by atoms with E-state index in [1.54, 1.807) is 0 Å². The molecule has 2 saturated heterocycles. The molecule has 0 bridgehead atoms. The van der Waals surface area contributed by atoms with Gasteiger partial charge in [-0.05, 0) is 67.0 Å². The average Bonchev–Trinajstić information content (AvgIpc) is 2.82. The summed E-state index contributed by atoms with van der Waals surface area (Å²) in [5.41, 5.74) is 0.571. The second kappa shape index (κ2) is 10.6. The maximum Gasteiger partial charge on any atom is 0.416 e. The van der Waals surface area contributed by atoms with Crippen LogP contribution in [0.2, 0.25) is 0 Å². The van der Waals surface area contributed by atoms with Gasteiger partial charge in [-0.15, -0.1) is 0 Å². The molecule has 2 aliphatic heterocycles. The van der Waals surface area contributed by atoms with Crippen LogP contribution in [0.4, 0.5) is 22.0 Å². The lowest BCUT2D eigenvalue weighted by atomic mass is 9.90. The van der Waals surface area contributed by atoms with E-state index < -0.39 is 39.1 Å². The fourth-order valence-corrected chi connectivity index (χ4v) is 5.73. The Bertz CT molecular complexity index is 1130. The number of benzene rings is 2. The van der Waals surface area contributed by atoms with E-state index in [0.717, 1.165) is 24.0 Å². The van der Waals surface area contributed by atoms with Crippen molar-refractivity contribution in [1.82, 2.24) is 9.21 Å². The van der Waals surface area contributed by atoms with E-state index in [4.69, 9.17) is 4.74 Å². The number of sulfonamides is 1. The predicted molar refractivity (Wildman–Crippen MR) is 125 cm³/mol. The van der Waals surface area contributed by atoms with Crippen LogP contribution in [-0.2, 0) is 22.7 Å². The topological polar surface area (TPSA) is 49.9 Å². The van der Waals surface area contributed by atoms with Gasteiger partial charge in [-0.1, -0.05) is 12.1 Å². The minimum Gasteiger partial charge on any atom is -0.484 e. The van der Waals surface area contributed by atoms with Crippen molar-refractivity contribution < 1.29 is 35.1 Å². The summed E-state index contributed by atoms with van der Waals surface area (Å²) in [4.78, 5) is 2.07. The summed E-state index contributed by atoms with van der Waals surface area (Å²) >= 11 is 0. The maximum atomic E-state index is 14.8. The molecule has 5 nitrogen and oxygen atoms in total. The zero-order chi connectivity index (χ0) is 26.1. The van der Waals surface area contributed by atoms with Gasteiger partial charge in [0.25, 0.3) is 0 Å². The van der Waals surface area contributed by atoms with Crippen LogP contribution in [0.5, 0.6) is 5.75 Å². The number of likely N-dealkylation sites (tertiary alicyclic amines) is 1. The van der Waals surface area contributed by atoms with Gasteiger partial charge in [0.15, 0.2) is 17.4 Å². The van der Waals surface area contributed by atoms with Gasteiger partial charge in [-0.25, -0.2) is 21.5 Å². The summed E-state index contributed by atoms with van der Waals surface area (Å²) in [5, 5.41) is 0. The van der Waals surface area contributed by atoms with Crippen LogP contribution in [0, 0.1) is 11.6 Å². The van der Waals surface area contributed by atoms with Gasteiger partial charge >= 0.3 is 6.18 Å². The van der Waals surface area contributed by atoms with Crippen molar-refractivity contribution >= 4 is 10.0 Å². The summed E-state index contributed by atoms with van der Waals surface area (Å²) in [6, 6.07) is 7.61. The fourth-order valence-electron chi connectivity index (χ4n) is 4.86. The van der Waals surface area contributed by atoms with Gasteiger partial charge in [0.2, 0.25) is 10.0 Å². The molecule has 0 amide bonds. The van der Waals surface area contributed by atoms with Crippen molar-refractivity contribution in [2.24, 2.45) is 0 Å². The summed E-state index contributed by atoms with van der Waals surface area (Å²) in [7, 11) is -3.28. The van der Waals surface area contributed by atoms with Crippen molar-refractivity contribution in [1.29, 1.82) is 0 Å². The molecule has 0 unspecified atom stereocenters. The van der Waals surface area contributed by atoms with Gasteiger partial charge in [-0.2, -0.15) is 13.2 Å². The highest BCUT2D eigenvalue weighted by Gasteiger charge is 2.31. The monoisotopic (exact) mass is 532 g/mol. The van der Waals surface area contributed by atoms with Crippen molar-refractivity contribution in [2.45, 2.75) is 50.4 Å². The second-order valence-corrected chi connectivity index (χ2v) is 11.5. The van der Waals surface area contributed by atoms with E-state index in [9.17, 15) is 30.4 Å². The number of hydrogen-bond acceptors (Lipinski definition) is 4. The Morgan fingerprint density at radius 3 is 1.97 bits per heavy atom. The molecule has 0 spiro atoms. The number of piperidine rings is 2. The summed E-state index contributed by atoms with van der Waals surface area (Å²) < 4.78 is 98.2. The normalized spacial score (nSPS) is 19.5. The summed E-state index contributed by atoms with van der Waals surface area (Å²) in [5.74, 6) is -2.09. The molecule has 0 atom stereocenters. The molecule has 0 aliphatic carbocycles. The first-order valence-corrected chi connectivity index (χ1v) is 13.7. The Labute approximate surface area is 207 Å². The minimum absolute atomic E-state index is 0.130. The summed E-state index contributed by atoms with van der Waals surface area (Å²) in [6.07, 6.45) is -1.55. The van der Waals surface area contributed by atoms with Gasteiger partial charge in [0.1, 0.15) is 6.10 Å². The largest absolute Gasteiger partial charge is 0.484 e. The predicted octanol–water partition coefficient (Wildman–Crippen LogP) is 5.17. The van der Waals surface area contributed by atoms with E-state index in [0.29, 0.717) is 64.0 Å². The quantitative estimate of drug-likeness (QED) is 0.482. The van der Waals surface area contributed by atoms with Crippen molar-refractivity contribution in [3.63, 3.8) is 0 Å². The first-order chi connectivity index (χ1) is 16.9. The Morgan fingerprint density at radius 1 is 0.917 bits per heavy atom. The van der Waals surface area contributed by atoms with E-state index in [1.165, 1.54) is 28.6 Å². The smallest absolute Gasteiger partial charge is 0.416 e. The second-order valence-electron chi connectivity index (χ2n) is 9.54. The van der Waals surface area contributed by atoms with Crippen LogP contribution in [0.1, 0.15) is 48.3 Å². The molecule has 2 heterocycles. The van der Waals surface area contributed by atoms with E-state index in [2.05, 4.69) is 4.90 Å². The number of nitrogens with zero attached hydrogens (tertiary/aromatic N) is 2. The fraction of sp³-hybridized carbons (Fsp3) is 0.520. The number of alkyl halides is 3. The van der Waals surface area contributed by atoms with E-state index in [1.807, 2.05) is 0 Å². The first kappa shape index (κ1) is 26.8. The Hall–Kier alpha value is -2.24. The van der Waals surface area contributed by atoms with Crippen LogP contribution in [-0.4, -0.2) is 56.2 Å². The van der Waals surface area contributed by atoms with Crippen LogP contribution in [0.15, 0.2) is 36.4 Å². The highest BCUT2D eigenvalue weighted by atomic mass is 32.2. The molecule has 2 fully saturated rings. The molecular weight excluding hydrogens is 503 g/mol. The van der Waals surface area contributed by atoms with Crippen molar-refractivity contribution in [2.75, 3.05) is 32.4 Å². The van der Waals surface area contributed by atoms with Crippen molar-refractivity contribution in [3.8, 4) is 5.75 Å². The zero-order valence-corrected chi connectivity index (χ0v) is 20.7. The number of ether oxygens (including phenoxy) is 1. The van der Waals surface area contributed by atoms with Gasteiger partial charge < -0.3 is 4.74 Å². The number of hydrogen-bond donors (Lipinski definition) is 0. The lowest BCUT2D eigenvalue weighted by Gasteiger charge is -2.32. The molecule has 2 aromatic carbocycles. The number of halogens is 5. The van der Waals surface area contributed by atoms with Crippen LogP contribution >= 0.6 is 0 Å². The van der Waals surface area contributed by atoms with E-state index >= 15 is 0 Å². The molecule has 2 aliphatic rings. The standard InChI is InChI=1S/C25H29F5N2O3S/c1-36(33,34)32-12-6-18(7-13-32)19-14-22(26)24(23(27)15-19)35-21-8-10-31(11-9-21)16-17-2-4-20(5-3-17)25(28,29)30/h2-5,14-15,18,21H,6-13,16H2,1H3. The minimum atomic E-state index is -4.37. The van der Waals surface area contributed by atoms with Gasteiger partial charge in [-0.3, -0.25) is 4.90 Å². The van der Waals surface area contributed by atoms with Crippen molar-refractivity contribution in [3.05, 3.63) is 64.7 Å². The molecule has 36 heavy (non-hydrogen) atoms. The molecule has 0 radical (unpaired) electrons. The van der Waals surface area contributed by atoms with E-state index in [-0.39, 0.29) is 12.0 Å². The third-order valence-electron chi connectivity index (χ3n) is 6.92. The van der Waals surface area contributed by atoms with Gasteiger partial charge in [0, 0.05) is 32.7 Å². The third-order valence-corrected chi connectivity index (χ3v) is 8.22. The molecule has 198 valence electrons. The first-order valence-electron chi connectivity index (χ1n) is 11.9. The average molecular weight is 533 g/mol. The summed E-state index contributed by atoms with van der Waals surface area (Å²) in [6.45, 7) is 2.30. The highest BCUT2D eigenvalue weighted by Crippen LogP contribution is 2.34. The SMILES string of the molecule is CS(=O)(=O)N1CCC(c2cc(F)c(OC3CCN(Cc4ccc(C(F)(F)F)cc4)CC3)c(F)c2)CC1. The zero-order valence-electron chi connectivity index (χ0n) is 19.9. The van der Waals surface area contributed by atoms with Crippen LogP contribution in [0.25, 0.3) is 0 Å². The molecule has 4 rings (SSSR count). The Morgan fingerprint density at radius 2 is 1.47 bits per heavy atom. The molecule has 0 N–H and O–H groups in total.